The van der Waals surface area contributed by atoms with Gasteiger partial charge >= 0.3 is 0 Å². The Kier molecular flexibility index (Phi) is 3.37. The summed E-state index contributed by atoms with van der Waals surface area (Å²) in [6, 6.07) is 7.19. The standard InChI is InChI=1S/C13H18FN/c14-12-6-3-4-10(9-12)8-11-5-1-2-7-13(11)15/h3-4,6,9,11,13H,1-2,5,7-8,15H2. The fourth-order valence-electron chi connectivity index (χ4n) is 2.46. The molecule has 1 aliphatic rings. The maximum Gasteiger partial charge on any atom is 0.123 e. The Morgan fingerprint density at radius 3 is 2.80 bits per heavy atom. The summed E-state index contributed by atoms with van der Waals surface area (Å²) in [6.45, 7) is 0. The van der Waals surface area contributed by atoms with Gasteiger partial charge in [-0.05, 0) is 42.9 Å². The molecule has 1 nitrogen and oxygen atoms in total. The van der Waals surface area contributed by atoms with Crippen molar-refractivity contribution < 1.29 is 4.39 Å². The molecule has 0 heterocycles. The third kappa shape index (κ3) is 2.78. The lowest BCUT2D eigenvalue weighted by Gasteiger charge is -2.28. The van der Waals surface area contributed by atoms with Crippen molar-refractivity contribution in [2.75, 3.05) is 0 Å². The molecule has 1 saturated carbocycles. The molecule has 82 valence electrons. The monoisotopic (exact) mass is 207 g/mol. The summed E-state index contributed by atoms with van der Waals surface area (Å²) >= 11 is 0. The first-order chi connectivity index (χ1) is 7.25. The van der Waals surface area contributed by atoms with Crippen LogP contribution in [-0.4, -0.2) is 6.04 Å². The highest BCUT2D eigenvalue weighted by Crippen LogP contribution is 2.26. The zero-order chi connectivity index (χ0) is 10.7. The normalized spacial score (nSPS) is 26.5. The predicted octanol–water partition coefficient (Wildman–Crippen LogP) is 2.89. The van der Waals surface area contributed by atoms with Crippen LogP contribution in [0.15, 0.2) is 24.3 Å². The quantitative estimate of drug-likeness (QED) is 0.792. The second-order valence-electron chi connectivity index (χ2n) is 4.54. The summed E-state index contributed by atoms with van der Waals surface area (Å²) in [7, 11) is 0. The molecule has 0 radical (unpaired) electrons. The molecule has 2 unspecified atom stereocenters. The van der Waals surface area contributed by atoms with E-state index in [1.165, 1.54) is 25.3 Å². The third-order valence-corrected chi connectivity index (χ3v) is 3.35. The van der Waals surface area contributed by atoms with E-state index in [1.807, 2.05) is 6.07 Å². The van der Waals surface area contributed by atoms with E-state index < -0.39 is 0 Å². The van der Waals surface area contributed by atoms with Gasteiger partial charge in [0, 0.05) is 6.04 Å². The fourth-order valence-corrected chi connectivity index (χ4v) is 2.46. The molecule has 2 atom stereocenters. The lowest BCUT2D eigenvalue weighted by Crippen LogP contribution is -2.34. The van der Waals surface area contributed by atoms with Crippen LogP contribution in [0.4, 0.5) is 4.39 Å². The van der Waals surface area contributed by atoms with Crippen molar-refractivity contribution in [1.82, 2.24) is 0 Å². The Balaban J connectivity index is 2.01. The summed E-state index contributed by atoms with van der Waals surface area (Å²) in [6.07, 6.45) is 5.77. The van der Waals surface area contributed by atoms with E-state index in [9.17, 15) is 4.39 Å². The minimum Gasteiger partial charge on any atom is -0.327 e. The van der Waals surface area contributed by atoms with Crippen molar-refractivity contribution in [1.29, 1.82) is 0 Å². The van der Waals surface area contributed by atoms with Gasteiger partial charge in [0.2, 0.25) is 0 Å². The number of hydrogen-bond acceptors (Lipinski definition) is 1. The van der Waals surface area contributed by atoms with Crippen LogP contribution < -0.4 is 5.73 Å². The zero-order valence-corrected chi connectivity index (χ0v) is 8.95. The SMILES string of the molecule is NC1CCCCC1Cc1cccc(F)c1. The molecule has 15 heavy (non-hydrogen) atoms. The van der Waals surface area contributed by atoms with Gasteiger partial charge in [0.25, 0.3) is 0 Å². The van der Waals surface area contributed by atoms with Crippen LogP contribution in [0.25, 0.3) is 0 Å². The molecule has 2 rings (SSSR count). The molecule has 0 spiro atoms. The van der Waals surface area contributed by atoms with Gasteiger partial charge in [0.05, 0.1) is 0 Å². The van der Waals surface area contributed by atoms with E-state index in [-0.39, 0.29) is 5.82 Å². The van der Waals surface area contributed by atoms with Crippen LogP contribution in [0.1, 0.15) is 31.2 Å². The van der Waals surface area contributed by atoms with Gasteiger partial charge in [0.15, 0.2) is 0 Å². The summed E-state index contributed by atoms with van der Waals surface area (Å²) in [5.41, 5.74) is 7.15. The second kappa shape index (κ2) is 4.75. The summed E-state index contributed by atoms with van der Waals surface area (Å²) in [4.78, 5) is 0. The van der Waals surface area contributed by atoms with Crippen LogP contribution in [0.3, 0.4) is 0 Å². The zero-order valence-electron chi connectivity index (χ0n) is 8.95. The highest BCUT2D eigenvalue weighted by atomic mass is 19.1. The summed E-state index contributed by atoms with van der Waals surface area (Å²) < 4.78 is 13.0. The first kappa shape index (κ1) is 10.6. The Hall–Kier alpha value is -0.890. The van der Waals surface area contributed by atoms with Crippen molar-refractivity contribution >= 4 is 0 Å². The molecule has 2 N–H and O–H groups in total. The largest absolute Gasteiger partial charge is 0.327 e. The molecule has 1 fully saturated rings. The van der Waals surface area contributed by atoms with E-state index in [0.29, 0.717) is 12.0 Å². The average Bonchev–Trinajstić information content (AvgIpc) is 2.22. The van der Waals surface area contributed by atoms with Gasteiger partial charge in [-0.3, -0.25) is 0 Å². The van der Waals surface area contributed by atoms with Gasteiger partial charge in [0.1, 0.15) is 5.82 Å². The first-order valence-electron chi connectivity index (χ1n) is 5.76. The molecule has 0 amide bonds. The molecule has 1 aromatic rings. The molecule has 0 aliphatic heterocycles. The molecule has 0 bridgehead atoms. The van der Waals surface area contributed by atoms with Gasteiger partial charge in [-0.25, -0.2) is 4.39 Å². The molecule has 1 aromatic carbocycles. The Labute approximate surface area is 90.5 Å². The minimum atomic E-state index is -0.142. The van der Waals surface area contributed by atoms with Gasteiger partial charge in [-0.1, -0.05) is 25.0 Å². The molecule has 2 heteroatoms. The van der Waals surface area contributed by atoms with Crippen molar-refractivity contribution in [3.63, 3.8) is 0 Å². The lowest BCUT2D eigenvalue weighted by molar-refractivity contribution is 0.306. The van der Waals surface area contributed by atoms with Crippen molar-refractivity contribution in [3.05, 3.63) is 35.6 Å². The van der Waals surface area contributed by atoms with E-state index in [2.05, 4.69) is 0 Å². The number of hydrogen-bond donors (Lipinski definition) is 1. The maximum atomic E-state index is 13.0. The number of benzene rings is 1. The van der Waals surface area contributed by atoms with Crippen LogP contribution in [0, 0.1) is 11.7 Å². The highest BCUT2D eigenvalue weighted by molar-refractivity contribution is 5.17. The maximum absolute atomic E-state index is 13.0. The molecule has 0 aromatic heterocycles. The Bertz CT molecular complexity index is 324. The Morgan fingerprint density at radius 2 is 2.07 bits per heavy atom. The molecular weight excluding hydrogens is 189 g/mol. The lowest BCUT2D eigenvalue weighted by atomic mass is 9.81. The molecular formula is C13H18FN. The van der Waals surface area contributed by atoms with Crippen LogP contribution in [0.2, 0.25) is 0 Å². The predicted molar refractivity (Wildman–Crippen MR) is 60.0 cm³/mol. The summed E-state index contributed by atoms with van der Waals surface area (Å²) in [5, 5.41) is 0. The van der Waals surface area contributed by atoms with Crippen molar-refractivity contribution in [2.45, 2.75) is 38.1 Å². The van der Waals surface area contributed by atoms with Crippen molar-refractivity contribution in [3.8, 4) is 0 Å². The smallest absolute Gasteiger partial charge is 0.123 e. The second-order valence-corrected chi connectivity index (χ2v) is 4.54. The van der Waals surface area contributed by atoms with Gasteiger partial charge in [-0.15, -0.1) is 0 Å². The van der Waals surface area contributed by atoms with Crippen molar-refractivity contribution in [2.24, 2.45) is 11.7 Å². The number of nitrogens with two attached hydrogens (primary N) is 1. The average molecular weight is 207 g/mol. The fraction of sp³-hybridized carbons (Fsp3) is 0.538. The van der Waals surface area contributed by atoms with Crippen LogP contribution >= 0.6 is 0 Å². The molecule has 1 aliphatic carbocycles. The van der Waals surface area contributed by atoms with Crippen LogP contribution in [0.5, 0.6) is 0 Å². The van der Waals surface area contributed by atoms with E-state index in [4.69, 9.17) is 5.73 Å². The molecule has 0 saturated heterocycles. The minimum absolute atomic E-state index is 0.142. The first-order valence-corrected chi connectivity index (χ1v) is 5.76. The number of halogens is 1. The van der Waals surface area contributed by atoms with E-state index in [1.54, 1.807) is 12.1 Å². The van der Waals surface area contributed by atoms with Gasteiger partial charge in [-0.2, -0.15) is 0 Å². The van der Waals surface area contributed by atoms with Crippen LogP contribution in [-0.2, 0) is 6.42 Å². The van der Waals surface area contributed by atoms with Gasteiger partial charge < -0.3 is 5.73 Å². The van der Waals surface area contributed by atoms with E-state index >= 15 is 0 Å². The number of rotatable bonds is 2. The van der Waals surface area contributed by atoms with E-state index in [0.717, 1.165) is 18.4 Å². The Morgan fingerprint density at radius 1 is 1.27 bits per heavy atom. The topological polar surface area (TPSA) is 26.0 Å². The highest BCUT2D eigenvalue weighted by Gasteiger charge is 2.21. The summed E-state index contributed by atoms with van der Waals surface area (Å²) in [5.74, 6) is 0.400. The third-order valence-electron chi connectivity index (χ3n) is 3.35.